The number of benzene rings is 1. The summed E-state index contributed by atoms with van der Waals surface area (Å²) in [5, 5.41) is 12.7. The highest BCUT2D eigenvalue weighted by Gasteiger charge is 2.34. The van der Waals surface area contributed by atoms with Crippen molar-refractivity contribution in [3.63, 3.8) is 0 Å². The van der Waals surface area contributed by atoms with Crippen LogP contribution in [0.1, 0.15) is 41.3 Å². The number of amides is 2. The van der Waals surface area contributed by atoms with Crippen molar-refractivity contribution in [2.45, 2.75) is 46.0 Å². The minimum absolute atomic E-state index is 0.0147. The molecule has 1 aliphatic rings. The van der Waals surface area contributed by atoms with Crippen LogP contribution in [0.15, 0.2) is 35.5 Å². The van der Waals surface area contributed by atoms with Crippen LogP contribution in [-0.2, 0) is 23.9 Å². The molecule has 5 rings (SSSR count). The van der Waals surface area contributed by atoms with E-state index in [0.717, 1.165) is 18.2 Å². The molecule has 1 fully saturated rings. The standard InChI is InChI=1S/C31H33ClF3N9O4/c1-6-21-26(43-10-9-42(13-16(43)2)30(48)25-27(46)17(3)37-15-38-25)28(47)24-29(36-12-22(40-24)41(4)5)44(21)14-23(45)39-20-8-7-18(11-19(20)32)31(33,34)35/h7-8,11-12,15-16,46H,6,9-10,13-14H2,1-5H3,(H,39,45)/t16-/m0/s1. The van der Waals surface area contributed by atoms with Crippen molar-refractivity contribution < 1.29 is 27.9 Å². The van der Waals surface area contributed by atoms with Crippen LogP contribution in [0.3, 0.4) is 0 Å². The number of alkyl halides is 3. The van der Waals surface area contributed by atoms with E-state index in [9.17, 15) is 32.7 Å². The van der Waals surface area contributed by atoms with E-state index in [4.69, 9.17) is 11.6 Å². The van der Waals surface area contributed by atoms with Gasteiger partial charge in [-0.2, -0.15) is 13.2 Å². The van der Waals surface area contributed by atoms with Gasteiger partial charge in [-0.1, -0.05) is 18.5 Å². The van der Waals surface area contributed by atoms with Gasteiger partial charge in [0.15, 0.2) is 22.6 Å². The van der Waals surface area contributed by atoms with Crippen molar-refractivity contribution >= 4 is 51.8 Å². The van der Waals surface area contributed by atoms with Gasteiger partial charge in [-0.05, 0) is 38.5 Å². The number of pyridine rings is 1. The second-order valence-corrected chi connectivity index (χ2v) is 12.0. The van der Waals surface area contributed by atoms with Crippen molar-refractivity contribution in [3.05, 3.63) is 68.6 Å². The molecule has 2 N–H and O–H groups in total. The number of aromatic nitrogens is 5. The third kappa shape index (κ3) is 6.56. The largest absolute Gasteiger partial charge is 0.504 e. The average Bonchev–Trinajstić information content (AvgIpc) is 3.03. The number of rotatable bonds is 7. The van der Waals surface area contributed by atoms with Gasteiger partial charge in [-0.15, -0.1) is 0 Å². The van der Waals surface area contributed by atoms with Crippen LogP contribution < -0.4 is 20.5 Å². The minimum Gasteiger partial charge on any atom is -0.504 e. The average molecular weight is 688 g/mol. The molecule has 254 valence electrons. The van der Waals surface area contributed by atoms with Crippen LogP contribution in [-0.4, -0.2) is 86.1 Å². The summed E-state index contributed by atoms with van der Waals surface area (Å²) in [6, 6.07) is 2.24. The Morgan fingerprint density at radius 3 is 2.52 bits per heavy atom. The number of hydrogen-bond acceptors (Lipinski definition) is 10. The highest BCUT2D eigenvalue weighted by atomic mass is 35.5. The van der Waals surface area contributed by atoms with E-state index in [1.54, 1.807) is 35.4 Å². The monoisotopic (exact) mass is 687 g/mol. The van der Waals surface area contributed by atoms with E-state index in [1.165, 1.54) is 12.5 Å². The number of carbonyl (C=O) groups is 2. The van der Waals surface area contributed by atoms with E-state index in [0.29, 0.717) is 17.9 Å². The second kappa shape index (κ2) is 13.3. The summed E-state index contributed by atoms with van der Waals surface area (Å²) >= 11 is 6.09. The SMILES string of the molecule is CCc1c(N2CCN(C(=O)c3ncnc(C)c3O)C[C@@H]2C)c(=O)c2nc(N(C)C)cnc2n1CC(=O)Nc1ccc(C(F)(F)F)cc1Cl. The molecule has 13 nitrogen and oxygen atoms in total. The van der Waals surface area contributed by atoms with Crippen molar-refractivity contribution in [2.24, 2.45) is 0 Å². The van der Waals surface area contributed by atoms with Gasteiger partial charge in [0.05, 0.1) is 28.2 Å². The third-order valence-corrected chi connectivity index (χ3v) is 8.41. The lowest BCUT2D eigenvalue weighted by molar-refractivity contribution is -0.137. The molecule has 3 aromatic heterocycles. The Hall–Kier alpha value is -4.99. The smallest absolute Gasteiger partial charge is 0.416 e. The Morgan fingerprint density at radius 1 is 1.17 bits per heavy atom. The van der Waals surface area contributed by atoms with Crippen LogP contribution >= 0.6 is 11.6 Å². The molecule has 2 amide bonds. The molecular formula is C31H33ClF3N9O4. The van der Waals surface area contributed by atoms with Crippen molar-refractivity contribution in [1.29, 1.82) is 0 Å². The first-order valence-corrected chi connectivity index (χ1v) is 15.3. The van der Waals surface area contributed by atoms with Gasteiger partial charge in [0.1, 0.15) is 24.4 Å². The van der Waals surface area contributed by atoms with Crippen molar-refractivity contribution in [1.82, 2.24) is 29.4 Å². The fourth-order valence-electron chi connectivity index (χ4n) is 5.64. The Morgan fingerprint density at radius 2 is 1.90 bits per heavy atom. The number of halogens is 4. The molecule has 4 heterocycles. The van der Waals surface area contributed by atoms with Gasteiger partial charge in [-0.3, -0.25) is 14.4 Å². The fraction of sp³-hybridized carbons (Fsp3) is 0.387. The van der Waals surface area contributed by atoms with Crippen LogP contribution in [0.5, 0.6) is 5.75 Å². The molecule has 0 radical (unpaired) electrons. The van der Waals surface area contributed by atoms with Crippen LogP contribution in [0.2, 0.25) is 5.02 Å². The minimum atomic E-state index is -4.61. The lowest BCUT2D eigenvalue weighted by atomic mass is 10.1. The fourth-order valence-corrected chi connectivity index (χ4v) is 5.86. The van der Waals surface area contributed by atoms with Gasteiger partial charge in [-0.25, -0.2) is 19.9 Å². The molecule has 1 saturated heterocycles. The first-order valence-electron chi connectivity index (χ1n) is 14.9. The molecule has 0 saturated carbocycles. The number of hydrogen-bond donors (Lipinski definition) is 2. The molecule has 0 spiro atoms. The van der Waals surface area contributed by atoms with Gasteiger partial charge in [0, 0.05) is 45.5 Å². The first kappa shape index (κ1) is 34.3. The molecule has 0 aliphatic carbocycles. The summed E-state index contributed by atoms with van der Waals surface area (Å²) < 4.78 is 41.0. The lowest BCUT2D eigenvalue weighted by Gasteiger charge is -2.41. The van der Waals surface area contributed by atoms with Crippen LogP contribution in [0.4, 0.5) is 30.4 Å². The normalized spacial score (nSPS) is 15.1. The van der Waals surface area contributed by atoms with Gasteiger partial charge in [0.2, 0.25) is 11.3 Å². The zero-order chi connectivity index (χ0) is 35.1. The third-order valence-electron chi connectivity index (χ3n) is 8.10. The van der Waals surface area contributed by atoms with E-state index in [2.05, 4.69) is 25.3 Å². The number of fused-ring (bicyclic) bond motifs is 1. The number of aryl methyl sites for hydroxylation is 1. The van der Waals surface area contributed by atoms with E-state index in [1.807, 2.05) is 18.7 Å². The lowest BCUT2D eigenvalue weighted by Crippen LogP contribution is -2.55. The molecule has 1 aliphatic heterocycles. The van der Waals surface area contributed by atoms with E-state index >= 15 is 0 Å². The summed E-state index contributed by atoms with van der Waals surface area (Å²) in [4.78, 5) is 63.0. The molecule has 17 heteroatoms. The molecular weight excluding hydrogens is 655 g/mol. The van der Waals surface area contributed by atoms with Crippen molar-refractivity contribution in [3.8, 4) is 5.75 Å². The number of carbonyl (C=O) groups excluding carboxylic acids is 2. The number of aromatic hydroxyl groups is 1. The van der Waals surface area contributed by atoms with E-state index in [-0.39, 0.29) is 76.9 Å². The molecule has 0 unspecified atom stereocenters. The zero-order valence-corrected chi connectivity index (χ0v) is 27.5. The molecule has 4 aromatic rings. The molecule has 1 atom stereocenters. The summed E-state index contributed by atoms with van der Waals surface area (Å²) in [6.07, 6.45) is -1.63. The predicted molar refractivity (Wildman–Crippen MR) is 174 cm³/mol. The summed E-state index contributed by atoms with van der Waals surface area (Å²) in [7, 11) is 3.48. The molecule has 0 bridgehead atoms. The Balaban J connectivity index is 1.53. The highest BCUT2D eigenvalue weighted by Crippen LogP contribution is 2.34. The Labute approximate surface area is 278 Å². The van der Waals surface area contributed by atoms with Crippen molar-refractivity contribution in [2.75, 3.05) is 48.8 Å². The van der Waals surface area contributed by atoms with Crippen LogP contribution in [0.25, 0.3) is 11.2 Å². The molecule has 1 aromatic carbocycles. The summed E-state index contributed by atoms with van der Waals surface area (Å²) in [5.41, 5.74) is -0.295. The first-order chi connectivity index (χ1) is 22.6. The molecule has 48 heavy (non-hydrogen) atoms. The maximum Gasteiger partial charge on any atom is 0.416 e. The zero-order valence-electron chi connectivity index (χ0n) is 26.8. The van der Waals surface area contributed by atoms with Gasteiger partial charge in [0.25, 0.3) is 5.91 Å². The van der Waals surface area contributed by atoms with Gasteiger partial charge < -0.3 is 29.7 Å². The maximum absolute atomic E-state index is 14.2. The number of nitrogens with zero attached hydrogens (tertiary/aromatic N) is 8. The van der Waals surface area contributed by atoms with E-state index < -0.39 is 29.0 Å². The number of anilines is 3. The number of piperazine rings is 1. The topological polar surface area (TPSA) is 150 Å². The van der Waals surface area contributed by atoms with Crippen LogP contribution in [0, 0.1) is 6.92 Å². The Bertz CT molecular complexity index is 1970. The maximum atomic E-state index is 14.2. The highest BCUT2D eigenvalue weighted by molar-refractivity contribution is 6.33. The second-order valence-electron chi connectivity index (χ2n) is 11.5. The number of nitrogens with one attached hydrogen (secondary N) is 1. The summed E-state index contributed by atoms with van der Waals surface area (Å²) in [6.45, 7) is 5.49. The quantitative estimate of drug-likeness (QED) is 0.293. The summed E-state index contributed by atoms with van der Waals surface area (Å²) in [5.74, 6) is -0.986. The van der Waals surface area contributed by atoms with Gasteiger partial charge >= 0.3 is 6.18 Å². The predicted octanol–water partition coefficient (Wildman–Crippen LogP) is 3.89. The Kier molecular flexibility index (Phi) is 9.48.